The predicted molar refractivity (Wildman–Crippen MR) is 69.1 cm³/mol. The van der Waals surface area contributed by atoms with E-state index >= 15 is 0 Å². The van der Waals surface area contributed by atoms with Gasteiger partial charge in [0.05, 0.1) is 17.7 Å². The molecule has 0 atom stereocenters. The molecule has 1 fully saturated rings. The van der Waals surface area contributed by atoms with Gasteiger partial charge in [-0.3, -0.25) is 0 Å². The molecule has 1 aliphatic rings. The molecule has 0 heterocycles. The minimum atomic E-state index is -0.951. The van der Waals surface area contributed by atoms with E-state index in [1.165, 1.54) is 0 Å². The van der Waals surface area contributed by atoms with Gasteiger partial charge < -0.3 is 15.2 Å². The van der Waals surface area contributed by atoms with Crippen LogP contribution in [0.1, 0.15) is 42.1 Å². The molecule has 0 bridgehead atoms. The van der Waals surface area contributed by atoms with Gasteiger partial charge in [0, 0.05) is 0 Å². The minimum Gasteiger partial charge on any atom is -0.478 e. The number of rotatable bonds is 4. The molecule has 1 aromatic carbocycles. The van der Waals surface area contributed by atoms with Crippen molar-refractivity contribution in [2.75, 3.05) is 6.61 Å². The van der Waals surface area contributed by atoms with Gasteiger partial charge in [-0.15, -0.1) is 0 Å². The number of hydrogen-bond acceptors (Lipinski definition) is 3. The summed E-state index contributed by atoms with van der Waals surface area (Å²) in [6.07, 6.45) is 2.30. The molecule has 0 radical (unpaired) electrons. The Kier molecular flexibility index (Phi) is 3.74. The maximum Gasteiger partial charge on any atom is 0.407 e. The quantitative estimate of drug-likeness (QED) is 0.875. The zero-order valence-electron chi connectivity index (χ0n) is 10.8. The van der Waals surface area contributed by atoms with Gasteiger partial charge in [0.25, 0.3) is 0 Å². The van der Waals surface area contributed by atoms with E-state index in [0.717, 1.165) is 24.8 Å². The molecule has 1 amide bonds. The van der Waals surface area contributed by atoms with Crippen LogP contribution in [0.2, 0.25) is 0 Å². The summed E-state index contributed by atoms with van der Waals surface area (Å²) >= 11 is 0. The smallest absolute Gasteiger partial charge is 0.407 e. The van der Waals surface area contributed by atoms with Gasteiger partial charge in [0.1, 0.15) is 0 Å². The molecule has 1 aromatic rings. The SMILES string of the molecule is CCOC(=O)NC1(c2ccc(C(=O)O)cc2)CCC1. The zero-order valence-corrected chi connectivity index (χ0v) is 10.8. The van der Waals surface area contributed by atoms with Crippen LogP contribution in [0.3, 0.4) is 0 Å². The van der Waals surface area contributed by atoms with Crippen LogP contribution in [0, 0.1) is 0 Å². The number of carboxylic acids is 1. The molecule has 5 heteroatoms. The van der Waals surface area contributed by atoms with E-state index in [2.05, 4.69) is 5.32 Å². The van der Waals surface area contributed by atoms with E-state index in [4.69, 9.17) is 9.84 Å². The maximum absolute atomic E-state index is 11.6. The number of ether oxygens (including phenoxy) is 1. The molecule has 102 valence electrons. The topological polar surface area (TPSA) is 75.6 Å². The van der Waals surface area contributed by atoms with Crippen LogP contribution in [0.15, 0.2) is 24.3 Å². The van der Waals surface area contributed by atoms with Crippen molar-refractivity contribution < 1.29 is 19.4 Å². The lowest BCUT2D eigenvalue weighted by Crippen LogP contribution is -2.50. The van der Waals surface area contributed by atoms with Gasteiger partial charge in [-0.1, -0.05) is 12.1 Å². The van der Waals surface area contributed by atoms with Gasteiger partial charge in [-0.05, 0) is 43.9 Å². The van der Waals surface area contributed by atoms with Crippen LogP contribution < -0.4 is 5.32 Å². The molecule has 2 rings (SSSR count). The van der Waals surface area contributed by atoms with Crippen LogP contribution in [-0.2, 0) is 10.3 Å². The van der Waals surface area contributed by atoms with Crippen molar-refractivity contribution in [3.8, 4) is 0 Å². The maximum atomic E-state index is 11.6. The number of benzene rings is 1. The highest BCUT2D eigenvalue weighted by atomic mass is 16.5. The Balaban J connectivity index is 2.16. The fourth-order valence-corrected chi connectivity index (χ4v) is 2.31. The second kappa shape index (κ2) is 5.30. The van der Waals surface area contributed by atoms with Crippen molar-refractivity contribution in [2.24, 2.45) is 0 Å². The molecule has 0 aliphatic heterocycles. The molecule has 1 aliphatic carbocycles. The molecule has 19 heavy (non-hydrogen) atoms. The first kappa shape index (κ1) is 13.4. The summed E-state index contributed by atoms with van der Waals surface area (Å²) in [6, 6.07) is 6.64. The number of aromatic carboxylic acids is 1. The van der Waals surface area contributed by atoms with E-state index < -0.39 is 17.6 Å². The lowest BCUT2D eigenvalue weighted by atomic mass is 9.72. The summed E-state index contributed by atoms with van der Waals surface area (Å²) < 4.78 is 4.91. The number of hydrogen-bond donors (Lipinski definition) is 2. The van der Waals surface area contributed by atoms with Gasteiger partial charge in [0.15, 0.2) is 0 Å². The molecule has 0 unspecified atom stereocenters. The highest BCUT2D eigenvalue weighted by molar-refractivity contribution is 5.87. The Morgan fingerprint density at radius 2 is 1.95 bits per heavy atom. The van der Waals surface area contributed by atoms with E-state index in [9.17, 15) is 9.59 Å². The first-order valence-electron chi connectivity index (χ1n) is 6.36. The largest absolute Gasteiger partial charge is 0.478 e. The third-order valence-corrected chi connectivity index (χ3v) is 3.51. The van der Waals surface area contributed by atoms with Crippen molar-refractivity contribution in [3.63, 3.8) is 0 Å². The van der Waals surface area contributed by atoms with E-state index in [0.29, 0.717) is 6.61 Å². The van der Waals surface area contributed by atoms with Gasteiger partial charge in [0.2, 0.25) is 0 Å². The third kappa shape index (κ3) is 2.70. The van der Waals surface area contributed by atoms with Gasteiger partial charge in [-0.25, -0.2) is 9.59 Å². The third-order valence-electron chi connectivity index (χ3n) is 3.51. The summed E-state index contributed by atoms with van der Waals surface area (Å²) in [5.74, 6) is -0.951. The molecule has 0 aromatic heterocycles. The van der Waals surface area contributed by atoms with Crippen LogP contribution in [0.5, 0.6) is 0 Å². The Morgan fingerprint density at radius 1 is 1.32 bits per heavy atom. The second-order valence-electron chi connectivity index (χ2n) is 4.66. The summed E-state index contributed by atoms with van der Waals surface area (Å²) in [6.45, 7) is 2.09. The summed E-state index contributed by atoms with van der Waals surface area (Å²) in [7, 11) is 0. The van der Waals surface area contributed by atoms with Crippen LogP contribution in [0.4, 0.5) is 4.79 Å². The molecule has 5 nitrogen and oxygen atoms in total. The van der Waals surface area contributed by atoms with E-state index in [-0.39, 0.29) is 5.56 Å². The summed E-state index contributed by atoms with van der Waals surface area (Å²) in [5, 5.41) is 11.8. The molecule has 1 saturated carbocycles. The Morgan fingerprint density at radius 3 is 2.37 bits per heavy atom. The molecule has 0 spiro atoms. The highest BCUT2D eigenvalue weighted by Crippen LogP contribution is 2.41. The number of alkyl carbamates (subject to hydrolysis) is 1. The van der Waals surface area contributed by atoms with Crippen molar-refractivity contribution in [1.29, 1.82) is 0 Å². The minimum absolute atomic E-state index is 0.245. The Bertz CT molecular complexity index is 477. The lowest BCUT2D eigenvalue weighted by molar-refractivity contribution is 0.0696. The average molecular weight is 263 g/mol. The summed E-state index contributed by atoms with van der Waals surface area (Å²) in [5.41, 5.74) is 0.773. The predicted octanol–water partition coefficient (Wildman–Crippen LogP) is 2.51. The fourth-order valence-electron chi connectivity index (χ4n) is 2.31. The molecular formula is C14H17NO4. The monoisotopic (exact) mass is 263 g/mol. The number of amides is 1. The van der Waals surface area contributed by atoms with Crippen LogP contribution >= 0.6 is 0 Å². The Hall–Kier alpha value is -2.04. The first-order valence-corrected chi connectivity index (χ1v) is 6.36. The molecular weight excluding hydrogens is 246 g/mol. The Labute approximate surface area is 111 Å². The van der Waals surface area contributed by atoms with Crippen LogP contribution in [0.25, 0.3) is 0 Å². The molecule has 0 saturated heterocycles. The number of carbonyl (C=O) groups excluding carboxylic acids is 1. The molecule has 2 N–H and O–H groups in total. The normalized spacial score (nSPS) is 16.3. The van der Waals surface area contributed by atoms with E-state index in [1.54, 1.807) is 31.2 Å². The summed E-state index contributed by atoms with van der Waals surface area (Å²) in [4.78, 5) is 22.4. The van der Waals surface area contributed by atoms with Crippen molar-refractivity contribution in [2.45, 2.75) is 31.7 Å². The van der Waals surface area contributed by atoms with Crippen LogP contribution in [-0.4, -0.2) is 23.8 Å². The fraction of sp³-hybridized carbons (Fsp3) is 0.429. The van der Waals surface area contributed by atoms with E-state index in [1.807, 2.05) is 0 Å². The standard InChI is InChI=1S/C14H17NO4/c1-2-19-13(18)15-14(8-3-9-14)11-6-4-10(5-7-11)12(16)17/h4-7H,2-3,8-9H2,1H3,(H,15,18)(H,16,17). The first-order chi connectivity index (χ1) is 9.07. The number of nitrogens with one attached hydrogen (secondary N) is 1. The van der Waals surface area contributed by atoms with Gasteiger partial charge in [-0.2, -0.15) is 0 Å². The van der Waals surface area contributed by atoms with Crippen molar-refractivity contribution in [1.82, 2.24) is 5.32 Å². The van der Waals surface area contributed by atoms with Crippen molar-refractivity contribution in [3.05, 3.63) is 35.4 Å². The zero-order chi connectivity index (χ0) is 13.9. The van der Waals surface area contributed by atoms with Crippen molar-refractivity contribution >= 4 is 12.1 Å². The highest BCUT2D eigenvalue weighted by Gasteiger charge is 2.40. The number of carboxylic acid groups (broad SMARTS) is 1. The number of carbonyl (C=O) groups is 2. The van der Waals surface area contributed by atoms with Gasteiger partial charge >= 0.3 is 12.1 Å². The average Bonchev–Trinajstić information content (AvgIpc) is 2.34. The second-order valence-corrected chi connectivity index (χ2v) is 4.66. The lowest BCUT2D eigenvalue weighted by Gasteiger charge is -2.42.